The van der Waals surface area contributed by atoms with Crippen molar-refractivity contribution in [2.45, 2.75) is 44.8 Å². The SMILES string of the molecule is COc1cnc(Cl)cc1-c1cc(C)ncc1C(=O)Nc1nn2cc(C(=O)NC3CCC(O)CC3)nc2s1. The molecule has 1 aliphatic carbocycles. The van der Waals surface area contributed by atoms with E-state index in [1.807, 2.05) is 6.92 Å². The second kappa shape index (κ2) is 10.4. The highest BCUT2D eigenvalue weighted by Crippen LogP contribution is 2.34. The van der Waals surface area contributed by atoms with Crippen LogP contribution in [0.3, 0.4) is 0 Å². The zero-order chi connectivity index (χ0) is 26.1. The molecule has 5 rings (SSSR count). The van der Waals surface area contributed by atoms with Gasteiger partial charge in [0.1, 0.15) is 16.6 Å². The number of imidazole rings is 1. The molecule has 192 valence electrons. The quantitative estimate of drug-likeness (QED) is 0.315. The minimum atomic E-state index is -0.424. The first-order chi connectivity index (χ1) is 17.8. The molecular formula is C24H24ClN7O4S. The van der Waals surface area contributed by atoms with Crippen LogP contribution in [0.25, 0.3) is 16.1 Å². The highest BCUT2D eigenvalue weighted by molar-refractivity contribution is 7.20. The molecule has 1 aliphatic rings. The molecule has 0 bridgehead atoms. The Morgan fingerprint density at radius 1 is 1.14 bits per heavy atom. The lowest BCUT2D eigenvalue weighted by Gasteiger charge is -2.25. The Balaban J connectivity index is 1.34. The fraction of sp³-hybridized carbons (Fsp3) is 0.333. The van der Waals surface area contributed by atoms with Crippen LogP contribution in [0.2, 0.25) is 5.15 Å². The second-order valence-electron chi connectivity index (χ2n) is 8.77. The van der Waals surface area contributed by atoms with Gasteiger partial charge < -0.3 is 15.2 Å². The summed E-state index contributed by atoms with van der Waals surface area (Å²) in [5, 5.41) is 20.3. The number of nitrogens with zero attached hydrogens (tertiary/aromatic N) is 5. The predicted octanol–water partition coefficient (Wildman–Crippen LogP) is 3.50. The lowest BCUT2D eigenvalue weighted by atomic mass is 9.93. The number of aromatic nitrogens is 5. The molecule has 13 heteroatoms. The molecule has 4 aromatic rings. The van der Waals surface area contributed by atoms with E-state index in [0.717, 1.165) is 24.2 Å². The number of pyridine rings is 2. The number of amides is 2. The largest absolute Gasteiger partial charge is 0.494 e. The zero-order valence-corrected chi connectivity index (χ0v) is 21.6. The van der Waals surface area contributed by atoms with Crippen molar-refractivity contribution in [1.82, 2.24) is 29.9 Å². The molecule has 0 spiro atoms. The summed E-state index contributed by atoms with van der Waals surface area (Å²) in [4.78, 5) is 39.0. The highest BCUT2D eigenvalue weighted by atomic mass is 35.5. The molecule has 0 radical (unpaired) electrons. The lowest BCUT2D eigenvalue weighted by molar-refractivity contribution is 0.0863. The van der Waals surface area contributed by atoms with Crippen LogP contribution < -0.4 is 15.4 Å². The van der Waals surface area contributed by atoms with Crippen LogP contribution in [0.5, 0.6) is 5.75 Å². The molecule has 4 heterocycles. The van der Waals surface area contributed by atoms with E-state index < -0.39 is 5.91 Å². The summed E-state index contributed by atoms with van der Waals surface area (Å²) in [6.07, 6.45) is 7.03. The first-order valence-corrected chi connectivity index (χ1v) is 12.8. The molecule has 0 aromatic carbocycles. The molecule has 11 nitrogen and oxygen atoms in total. The Labute approximate surface area is 220 Å². The molecule has 1 fully saturated rings. The monoisotopic (exact) mass is 541 g/mol. The summed E-state index contributed by atoms with van der Waals surface area (Å²) in [6, 6.07) is 3.42. The Kier molecular flexibility index (Phi) is 7.04. The maximum Gasteiger partial charge on any atom is 0.271 e. The number of aryl methyl sites for hydroxylation is 1. The van der Waals surface area contributed by atoms with Gasteiger partial charge in [-0.15, -0.1) is 5.10 Å². The Hall–Kier alpha value is -3.61. The molecule has 0 saturated heterocycles. The molecular weight excluding hydrogens is 518 g/mol. The van der Waals surface area contributed by atoms with Crippen LogP contribution in [0.4, 0.5) is 5.13 Å². The molecule has 0 aliphatic heterocycles. The molecule has 0 atom stereocenters. The lowest BCUT2D eigenvalue weighted by Crippen LogP contribution is -2.38. The summed E-state index contributed by atoms with van der Waals surface area (Å²) in [7, 11) is 1.52. The number of carbonyl (C=O) groups excluding carboxylic acids is 2. The van der Waals surface area contributed by atoms with Crippen molar-refractivity contribution in [1.29, 1.82) is 0 Å². The predicted molar refractivity (Wildman–Crippen MR) is 138 cm³/mol. The minimum Gasteiger partial charge on any atom is -0.494 e. The molecule has 37 heavy (non-hydrogen) atoms. The number of methoxy groups -OCH3 is 1. The fourth-order valence-electron chi connectivity index (χ4n) is 4.26. The third kappa shape index (κ3) is 5.41. The maximum absolute atomic E-state index is 13.2. The molecule has 2 amide bonds. The van der Waals surface area contributed by atoms with Crippen LogP contribution in [0, 0.1) is 6.92 Å². The standard InChI is InChI=1S/C24H24ClN7O4S/c1-12-7-15(16-8-20(25)27-10-19(16)36-2)17(9-26-12)21(34)30-23-31-32-11-18(29-24(32)37-23)22(35)28-13-3-5-14(33)6-4-13/h7-11,13-14,33H,3-6H2,1-2H3,(H,28,35)(H,30,31,34). The van der Waals surface area contributed by atoms with E-state index in [1.165, 1.54) is 30.2 Å². The van der Waals surface area contributed by atoms with Gasteiger partial charge in [0.2, 0.25) is 10.1 Å². The Morgan fingerprint density at radius 2 is 1.92 bits per heavy atom. The summed E-state index contributed by atoms with van der Waals surface area (Å²) < 4.78 is 6.88. The third-order valence-corrected chi connectivity index (χ3v) is 7.20. The average molecular weight is 542 g/mol. The van der Waals surface area contributed by atoms with Crippen molar-refractivity contribution in [2.24, 2.45) is 0 Å². The topological polar surface area (TPSA) is 144 Å². The van der Waals surface area contributed by atoms with E-state index in [9.17, 15) is 14.7 Å². The van der Waals surface area contributed by atoms with Crippen molar-refractivity contribution >= 4 is 44.8 Å². The third-order valence-electron chi connectivity index (χ3n) is 6.16. The Morgan fingerprint density at radius 3 is 2.65 bits per heavy atom. The highest BCUT2D eigenvalue weighted by Gasteiger charge is 2.24. The van der Waals surface area contributed by atoms with E-state index in [4.69, 9.17) is 16.3 Å². The smallest absolute Gasteiger partial charge is 0.271 e. The van der Waals surface area contributed by atoms with Crippen molar-refractivity contribution < 1.29 is 19.4 Å². The van der Waals surface area contributed by atoms with E-state index in [-0.39, 0.29) is 28.9 Å². The normalized spacial score (nSPS) is 17.5. The summed E-state index contributed by atoms with van der Waals surface area (Å²) in [5.74, 6) is -0.246. The van der Waals surface area contributed by atoms with Gasteiger partial charge in [-0.05, 0) is 44.7 Å². The zero-order valence-electron chi connectivity index (χ0n) is 20.1. The van der Waals surface area contributed by atoms with Crippen molar-refractivity contribution in [3.63, 3.8) is 0 Å². The van der Waals surface area contributed by atoms with Crippen LogP contribution in [0.15, 0.2) is 30.7 Å². The maximum atomic E-state index is 13.2. The van der Waals surface area contributed by atoms with Gasteiger partial charge in [-0.1, -0.05) is 22.9 Å². The van der Waals surface area contributed by atoms with Gasteiger partial charge in [0, 0.05) is 29.1 Å². The molecule has 3 N–H and O–H groups in total. The van der Waals surface area contributed by atoms with Gasteiger partial charge >= 0.3 is 0 Å². The number of hydrogen-bond acceptors (Lipinski definition) is 9. The number of ether oxygens (including phenoxy) is 1. The van der Waals surface area contributed by atoms with Gasteiger partial charge in [-0.3, -0.25) is 19.9 Å². The van der Waals surface area contributed by atoms with E-state index in [2.05, 4.69) is 30.7 Å². The van der Waals surface area contributed by atoms with E-state index in [0.29, 0.717) is 51.1 Å². The minimum absolute atomic E-state index is 0.0182. The van der Waals surface area contributed by atoms with Crippen molar-refractivity contribution in [3.8, 4) is 16.9 Å². The number of anilines is 1. The van der Waals surface area contributed by atoms with Crippen LogP contribution >= 0.6 is 22.9 Å². The number of rotatable bonds is 6. The van der Waals surface area contributed by atoms with Gasteiger partial charge in [-0.25, -0.2) is 14.5 Å². The molecule has 0 unspecified atom stereocenters. The van der Waals surface area contributed by atoms with Crippen LogP contribution in [-0.2, 0) is 0 Å². The number of nitrogens with one attached hydrogen (secondary N) is 2. The van der Waals surface area contributed by atoms with Gasteiger partial charge in [0.25, 0.3) is 11.8 Å². The summed E-state index contributed by atoms with van der Waals surface area (Å²) in [5.41, 5.74) is 2.45. The van der Waals surface area contributed by atoms with E-state index >= 15 is 0 Å². The second-order valence-corrected chi connectivity index (χ2v) is 10.1. The number of aliphatic hydroxyl groups is 1. The number of aliphatic hydroxyl groups excluding tert-OH is 1. The van der Waals surface area contributed by atoms with Crippen LogP contribution in [0.1, 0.15) is 52.2 Å². The number of carbonyl (C=O) groups is 2. The van der Waals surface area contributed by atoms with Crippen molar-refractivity contribution in [2.75, 3.05) is 12.4 Å². The molecule has 4 aromatic heterocycles. The average Bonchev–Trinajstić information content (AvgIpc) is 3.44. The van der Waals surface area contributed by atoms with E-state index in [1.54, 1.807) is 12.1 Å². The first kappa shape index (κ1) is 25.1. The summed E-state index contributed by atoms with van der Waals surface area (Å²) in [6.45, 7) is 1.82. The van der Waals surface area contributed by atoms with Crippen LogP contribution in [-0.4, -0.2) is 60.7 Å². The number of halogens is 1. The van der Waals surface area contributed by atoms with Gasteiger partial charge in [0.15, 0.2) is 0 Å². The fourth-order valence-corrected chi connectivity index (χ4v) is 5.19. The Bertz CT molecular complexity index is 1450. The first-order valence-electron chi connectivity index (χ1n) is 11.6. The summed E-state index contributed by atoms with van der Waals surface area (Å²) >= 11 is 7.25. The van der Waals surface area contributed by atoms with Crippen molar-refractivity contribution in [3.05, 3.63) is 52.8 Å². The number of hydrogen-bond donors (Lipinski definition) is 3. The van der Waals surface area contributed by atoms with Gasteiger partial charge in [0.05, 0.1) is 31.2 Å². The molecule has 1 saturated carbocycles. The number of fused-ring (bicyclic) bond motifs is 1. The van der Waals surface area contributed by atoms with Gasteiger partial charge in [-0.2, -0.15) is 0 Å².